The standard InChI is InChI=1S/C26H26F3N3O6S2/c1-30-39(34,18-15-13-17(14-16-18)38-26(27,28)29)31-19-7-6-9-21(25(19)33)32-20-8-2-3-10-22(20)37-23-11-4-5-12-24(23)40(32,35)36/h2-5,8,10-16,19,21,25,33H,6-7,9H2,1H3,(H,30,31,34). The van der Waals surface area contributed by atoms with Crippen LogP contribution in [-0.2, 0) is 19.9 Å². The lowest BCUT2D eigenvalue weighted by Crippen LogP contribution is -2.57. The summed E-state index contributed by atoms with van der Waals surface area (Å²) < 4.78 is 97.2. The number of alkyl halides is 3. The average molecular weight is 598 g/mol. The minimum absolute atomic E-state index is 0.0537. The van der Waals surface area contributed by atoms with E-state index in [4.69, 9.17) is 4.74 Å². The molecular weight excluding hydrogens is 571 g/mol. The minimum Gasteiger partial charge on any atom is -0.454 e. The first-order valence-electron chi connectivity index (χ1n) is 12.3. The highest BCUT2D eigenvalue weighted by molar-refractivity contribution is 7.93. The van der Waals surface area contributed by atoms with Crippen LogP contribution >= 0.6 is 0 Å². The van der Waals surface area contributed by atoms with E-state index in [0.717, 1.165) is 12.1 Å². The molecule has 1 aliphatic heterocycles. The Morgan fingerprint density at radius 1 is 1.02 bits per heavy atom. The normalized spacial score (nSPS) is 23.5. The number of ether oxygens (including phenoxy) is 2. The van der Waals surface area contributed by atoms with E-state index in [1.807, 2.05) is 0 Å². The topological polar surface area (TPSA) is 118 Å². The predicted octanol–water partition coefficient (Wildman–Crippen LogP) is 4.83. The Labute approximate surface area is 229 Å². The lowest BCUT2D eigenvalue weighted by molar-refractivity contribution is -0.274. The fraction of sp³-hybridized carbons (Fsp3) is 0.308. The molecule has 1 aliphatic carbocycles. The van der Waals surface area contributed by atoms with Crippen molar-refractivity contribution in [1.29, 1.82) is 0 Å². The molecular formula is C26H26F3N3O6S2. The van der Waals surface area contributed by atoms with Crippen LogP contribution in [0.2, 0.25) is 0 Å². The van der Waals surface area contributed by atoms with Crippen molar-refractivity contribution in [3.63, 3.8) is 0 Å². The van der Waals surface area contributed by atoms with Gasteiger partial charge >= 0.3 is 6.36 Å². The number of aliphatic hydroxyl groups excluding tert-OH is 1. The van der Waals surface area contributed by atoms with Crippen molar-refractivity contribution < 1.29 is 40.4 Å². The fourth-order valence-corrected chi connectivity index (χ4v) is 8.43. The van der Waals surface area contributed by atoms with Gasteiger partial charge in [0.2, 0.25) is 0 Å². The number of para-hydroxylation sites is 3. The monoisotopic (exact) mass is 597 g/mol. The van der Waals surface area contributed by atoms with Gasteiger partial charge in [-0.25, -0.2) is 21.7 Å². The number of nitrogens with zero attached hydrogens (tertiary/aromatic N) is 2. The summed E-state index contributed by atoms with van der Waals surface area (Å²) in [7, 11) is -6.32. The summed E-state index contributed by atoms with van der Waals surface area (Å²) in [4.78, 5) is 0.0240. The zero-order valence-electron chi connectivity index (χ0n) is 21.1. The zero-order valence-corrected chi connectivity index (χ0v) is 22.7. The largest absolute Gasteiger partial charge is 0.573 e. The summed E-state index contributed by atoms with van der Waals surface area (Å²) in [5.41, 5.74) is 0.254. The lowest BCUT2D eigenvalue weighted by Gasteiger charge is -2.41. The van der Waals surface area contributed by atoms with Gasteiger partial charge in [-0.05, 0) is 67.8 Å². The molecule has 9 nitrogen and oxygen atoms in total. The SMILES string of the molecule is CN=S(=O)(NC1CCCC(N2c3ccccc3Oc3ccccc3S2(=O)=O)C1O)c1ccc(OC(F)(F)F)cc1. The summed E-state index contributed by atoms with van der Waals surface area (Å²) in [6, 6.07) is 15.5. The van der Waals surface area contributed by atoms with E-state index < -0.39 is 50.2 Å². The number of rotatable bonds is 5. The number of halogens is 3. The molecule has 1 saturated carbocycles. The molecule has 0 aromatic heterocycles. The number of hydrogen-bond acceptors (Lipinski definition) is 7. The van der Waals surface area contributed by atoms with E-state index in [-0.39, 0.29) is 21.2 Å². The molecule has 0 saturated heterocycles. The van der Waals surface area contributed by atoms with Crippen LogP contribution in [-0.4, -0.2) is 49.3 Å². The van der Waals surface area contributed by atoms with E-state index in [1.165, 1.54) is 29.6 Å². The van der Waals surface area contributed by atoms with Gasteiger partial charge in [0.1, 0.15) is 26.3 Å². The number of nitrogens with one attached hydrogen (secondary N) is 1. The molecule has 4 unspecified atom stereocenters. The smallest absolute Gasteiger partial charge is 0.454 e. The van der Waals surface area contributed by atoms with E-state index in [0.29, 0.717) is 25.0 Å². The van der Waals surface area contributed by atoms with E-state index in [2.05, 4.69) is 13.8 Å². The Morgan fingerprint density at radius 2 is 1.68 bits per heavy atom. The zero-order chi connectivity index (χ0) is 28.7. The fourth-order valence-electron chi connectivity index (χ4n) is 4.98. The molecule has 0 radical (unpaired) electrons. The van der Waals surface area contributed by atoms with Gasteiger partial charge in [-0.3, -0.25) is 4.31 Å². The Bertz CT molecular complexity index is 1620. The summed E-state index contributed by atoms with van der Waals surface area (Å²) in [6.07, 6.45) is -5.06. The highest BCUT2D eigenvalue weighted by Gasteiger charge is 2.45. The highest BCUT2D eigenvalue weighted by Crippen LogP contribution is 2.45. The van der Waals surface area contributed by atoms with Crippen LogP contribution in [0.3, 0.4) is 0 Å². The van der Waals surface area contributed by atoms with Crippen molar-refractivity contribution >= 4 is 25.6 Å². The summed E-state index contributed by atoms with van der Waals surface area (Å²) in [6.45, 7) is 0. The van der Waals surface area contributed by atoms with Crippen LogP contribution in [0.1, 0.15) is 19.3 Å². The predicted molar refractivity (Wildman–Crippen MR) is 141 cm³/mol. The van der Waals surface area contributed by atoms with Crippen molar-refractivity contribution in [2.75, 3.05) is 11.4 Å². The van der Waals surface area contributed by atoms with Crippen molar-refractivity contribution in [2.24, 2.45) is 4.36 Å². The molecule has 1 fully saturated rings. The van der Waals surface area contributed by atoms with Crippen LogP contribution in [0.15, 0.2) is 87.0 Å². The molecule has 14 heteroatoms. The van der Waals surface area contributed by atoms with Gasteiger partial charge in [-0.2, -0.15) is 0 Å². The third-order valence-corrected chi connectivity index (χ3v) is 10.7. The average Bonchev–Trinajstić information content (AvgIpc) is 3.01. The summed E-state index contributed by atoms with van der Waals surface area (Å²) >= 11 is 0. The quantitative estimate of drug-likeness (QED) is 0.435. The van der Waals surface area contributed by atoms with Gasteiger partial charge in [0.05, 0.1) is 22.7 Å². The maximum absolute atomic E-state index is 14.0. The Kier molecular flexibility index (Phi) is 7.46. The van der Waals surface area contributed by atoms with Crippen LogP contribution < -0.4 is 18.5 Å². The molecule has 2 aliphatic rings. The molecule has 5 rings (SSSR count). The molecule has 0 spiro atoms. The van der Waals surface area contributed by atoms with Crippen molar-refractivity contribution in [2.45, 2.75) is 53.6 Å². The number of aliphatic hydroxyl groups is 1. The molecule has 40 heavy (non-hydrogen) atoms. The van der Waals surface area contributed by atoms with Crippen molar-refractivity contribution in [3.05, 3.63) is 72.8 Å². The first-order valence-corrected chi connectivity index (χ1v) is 15.3. The summed E-state index contributed by atoms with van der Waals surface area (Å²) in [5.74, 6) is -0.0330. The van der Waals surface area contributed by atoms with E-state index in [1.54, 1.807) is 42.5 Å². The first-order chi connectivity index (χ1) is 18.9. The first kappa shape index (κ1) is 28.2. The Balaban J connectivity index is 1.47. The number of fused-ring (bicyclic) bond motifs is 2. The lowest BCUT2D eigenvalue weighted by atomic mass is 9.88. The van der Waals surface area contributed by atoms with E-state index in [9.17, 15) is 30.9 Å². The number of sulfonamides is 1. The maximum Gasteiger partial charge on any atom is 0.573 e. The Hall–Kier alpha value is -3.33. The van der Waals surface area contributed by atoms with Gasteiger partial charge in [0.15, 0.2) is 5.75 Å². The van der Waals surface area contributed by atoms with Gasteiger partial charge in [0, 0.05) is 13.1 Å². The van der Waals surface area contributed by atoms with Gasteiger partial charge in [-0.15, -0.1) is 13.2 Å². The van der Waals surface area contributed by atoms with Gasteiger partial charge in [-0.1, -0.05) is 24.3 Å². The molecule has 2 N–H and O–H groups in total. The molecule has 4 atom stereocenters. The molecule has 0 bridgehead atoms. The molecule has 214 valence electrons. The van der Waals surface area contributed by atoms with Crippen LogP contribution in [0.5, 0.6) is 17.2 Å². The van der Waals surface area contributed by atoms with Crippen LogP contribution in [0.4, 0.5) is 18.9 Å². The van der Waals surface area contributed by atoms with E-state index >= 15 is 0 Å². The minimum atomic E-state index is -4.88. The second-order valence-corrected chi connectivity index (χ2v) is 13.2. The maximum atomic E-state index is 14.0. The van der Waals surface area contributed by atoms with Gasteiger partial charge < -0.3 is 14.6 Å². The summed E-state index contributed by atoms with van der Waals surface area (Å²) in [5, 5.41) is 11.5. The second kappa shape index (κ2) is 10.6. The van der Waals surface area contributed by atoms with Gasteiger partial charge in [0.25, 0.3) is 10.0 Å². The highest BCUT2D eigenvalue weighted by atomic mass is 32.2. The number of benzene rings is 3. The van der Waals surface area contributed by atoms with Crippen molar-refractivity contribution in [3.8, 4) is 17.2 Å². The van der Waals surface area contributed by atoms with Crippen LogP contribution in [0, 0.1) is 0 Å². The number of hydrogen-bond donors (Lipinski definition) is 2. The third kappa shape index (κ3) is 5.36. The molecule has 0 amide bonds. The molecule has 3 aromatic rings. The third-order valence-electron chi connectivity index (χ3n) is 6.78. The number of anilines is 1. The second-order valence-electron chi connectivity index (χ2n) is 9.26. The van der Waals surface area contributed by atoms with Crippen LogP contribution in [0.25, 0.3) is 0 Å². The Morgan fingerprint density at radius 3 is 2.35 bits per heavy atom. The van der Waals surface area contributed by atoms with Crippen molar-refractivity contribution in [1.82, 2.24) is 4.72 Å². The molecule has 1 heterocycles. The molecule has 3 aromatic carbocycles.